The number of aromatic nitrogens is 2. The average Bonchev–Trinajstić information content (AvgIpc) is 2.88. The number of hydrogen-bond acceptors (Lipinski definition) is 3. The van der Waals surface area contributed by atoms with Crippen molar-refractivity contribution in [2.24, 2.45) is 0 Å². The van der Waals surface area contributed by atoms with Gasteiger partial charge in [0.2, 0.25) is 0 Å². The Balaban J connectivity index is 2.45. The second-order valence-electron chi connectivity index (χ2n) is 6.07. The molecule has 0 radical (unpaired) electrons. The number of rotatable bonds is 4. The van der Waals surface area contributed by atoms with Gasteiger partial charge in [0, 0.05) is 28.9 Å². The Kier molecular flexibility index (Phi) is 4.21. The van der Waals surface area contributed by atoms with Crippen LogP contribution in [0.25, 0.3) is 0 Å². The van der Waals surface area contributed by atoms with Crippen LogP contribution in [0.3, 0.4) is 0 Å². The van der Waals surface area contributed by atoms with Crippen molar-refractivity contribution < 1.29 is 19.0 Å². The van der Waals surface area contributed by atoms with E-state index in [1.54, 1.807) is 10.9 Å². The van der Waals surface area contributed by atoms with Gasteiger partial charge in [0.05, 0.1) is 13.7 Å². The minimum Gasteiger partial charge on any atom is -0.496 e. The lowest BCUT2D eigenvalue weighted by Gasteiger charge is -2.20. The van der Waals surface area contributed by atoms with E-state index in [1.807, 2.05) is 26.8 Å². The normalized spacial score (nSPS) is 11.5. The Labute approximate surface area is 128 Å². The van der Waals surface area contributed by atoms with Gasteiger partial charge < -0.3 is 9.84 Å². The zero-order valence-corrected chi connectivity index (χ0v) is 13.1. The molecule has 118 valence electrons. The molecule has 0 aliphatic carbocycles. The highest BCUT2D eigenvalue weighted by atomic mass is 19.1. The van der Waals surface area contributed by atoms with E-state index in [0.717, 1.165) is 11.8 Å². The lowest BCUT2D eigenvalue weighted by atomic mass is 9.92. The maximum absolute atomic E-state index is 14.2. The molecule has 0 saturated carbocycles. The molecule has 0 fully saturated rings. The summed E-state index contributed by atoms with van der Waals surface area (Å²) in [6, 6.07) is 4.27. The Bertz CT molecular complexity index is 702. The highest BCUT2D eigenvalue weighted by Gasteiger charge is 2.21. The summed E-state index contributed by atoms with van der Waals surface area (Å²) in [6.07, 6.45) is 1.65. The summed E-state index contributed by atoms with van der Waals surface area (Å²) in [6.45, 7) is 6.27. The van der Waals surface area contributed by atoms with Crippen LogP contribution >= 0.6 is 0 Å². The number of carboxylic acid groups (broad SMARTS) is 1. The second kappa shape index (κ2) is 5.79. The van der Waals surface area contributed by atoms with Crippen molar-refractivity contribution in [3.8, 4) is 5.75 Å². The van der Waals surface area contributed by atoms with Crippen LogP contribution in [0.5, 0.6) is 5.75 Å². The van der Waals surface area contributed by atoms with E-state index < -0.39 is 11.8 Å². The van der Waals surface area contributed by atoms with Crippen molar-refractivity contribution in [2.75, 3.05) is 7.11 Å². The van der Waals surface area contributed by atoms with Gasteiger partial charge in [-0.2, -0.15) is 5.10 Å². The van der Waals surface area contributed by atoms with Crippen molar-refractivity contribution in [3.05, 3.63) is 47.0 Å². The number of methoxy groups -OCH3 is 1. The topological polar surface area (TPSA) is 64.4 Å². The van der Waals surface area contributed by atoms with Gasteiger partial charge in [0.25, 0.3) is 0 Å². The van der Waals surface area contributed by atoms with E-state index in [0.29, 0.717) is 0 Å². The van der Waals surface area contributed by atoms with Gasteiger partial charge in [0.15, 0.2) is 0 Å². The van der Waals surface area contributed by atoms with Gasteiger partial charge in [-0.25, -0.2) is 9.18 Å². The molecular weight excluding hydrogens is 287 g/mol. The zero-order valence-electron chi connectivity index (χ0n) is 13.1. The SMILES string of the molecule is COc1cc(F)c(Cn2nccc2C(C)(C)C)cc1C(=O)O. The average molecular weight is 306 g/mol. The van der Waals surface area contributed by atoms with Gasteiger partial charge in [-0.1, -0.05) is 20.8 Å². The van der Waals surface area contributed by atoms with Gasteiger partial charge >= 0.3 is 5.97 Å². The van der Waals surface area contributed by atoms with Crippen molar-refractivity contribution in [3.63, 3.8) is 0 Å². The summed E-state index contributed by atoms with van der Waals surface area (Å²) >= 11 is 0. The molecular formula is C16H19FN2O3. The smallest absolute Gasteiger partial charge is 0.339 e. The van der Waals surface area contributed by atoms with E-state index in [9.17, 15) is 14.3 Å². The fraction of sp³-hybridized carbons (Fsp3) is 0.375. The van der Waals surface area contributed by atoms with Crippen LogP contribution in [-0.4, -0.2) is 28.0 Å². The van der Waals surface area contributed by atoms with Crippen LogP contribution < -0.4 is 4.74 Å². The van der Waals surface area contributed by atoms with Gasteiger partial charge in [-0.05, 0) is 12.1 Å². The quantitative estimate of drug-likeness (QED) is 0.943. The zero-order chi connectivity index (χ0) is 16.5. The first-order chi connectivity index (χ1) is 10.2. The predicted molar refractivity (Wildman–Crippen MR) is 79.9 cm³/mol. The predicted octanol–water partition coefficient (Wildman–Crippen LogP) is 3.07. The van der Waals surface area contributed by atoms with Crippen molar-refractivity contribution in [1.29, 1.82) is 0 Å². The van der Waals surface area contributed by atoms with E-state index in [2.05, 4.69) is 5.10 Å². The first-order valence-electron chi connectivity index (χ1n) is 6.86. The van der Waals surface area contributed by atoms with Crippen LogP contribution in [0.15, 0.2) is 24.4 Å². The summed E-state index contributed by atoms with van der Waals surface area (Å²) in [5.41, 5.74) is 0.991. The Morgan fingerprint density at radius 2 is 2.09 bits per heavy atom. The van der Waals surface area contributed by atoms with Gasteiger partial charge in [0.1, 0.15) is 17.1 Å². The van der Waals surface area contributed by atoms with Crippen LogP contribution in [-0.2, 0) is 12.0 Å². The lowest BCUT2D eigenvalue weighted by Crippen LogP contribution is -2.19. The Hall–Kier alpha value is -2.37. The number of ether oxygens (including phenoxy) is 1. The molecule has 0 saturated heterocycles. The monoisotopic (exact) mass is 306 g/mol. The molecule has 0 atom stereocenters. The number of halogens is 1. The third-order valence-corrected chi connectivity index (χ3v) is 3.40. The molecule has 5 nitrogen and oxygen atoms in total. The van der Waals surface area contributed by atoms with E-state index in [4.69, 9.17) is 4.74 Å². The third kappa shape index (κ3) is 3.10. The molecule has 0 bridgehead atoms. The fourth-order valence-corrected chi connectivity index (χ4v) is 2.31. The van der Waals surface area contributed by atoms with Crippen molar-refractivity contribution in [2.45, 2.75) is 32.7 Å². The number of nitrogens with zero attached hydrogens (tertiary/aromatic N) is 2. The first-order valence-corrected chi connectivity index (χ1v) is 6.86. The molecule has 2 aromatic rings. The molecule has 22 heavy (non-hydrogen) atoms. The van der Waals surface area contributed by atoms with E-state index in [1.165, 1.54) is 13.2 Å². The van der Waals surface area contributed by atoms with E-state index in [-0.39, 0.29) is 28.8 Å². The molecule has 0 amide bonds. The Morgan fingerprint density at radius 1 is 1.41 bits per heavy atom. The molecule has 1 heterocycles. The van der Waals surface area contributed by atoms with Crippen molar-refractivity contribution >= 4 is 5.97 Å². The number of benzene rings is 1. The van der Waals surface area contributed by atoms with Crippen LogP contribution in [0.1, 0.15) is 42.4 Å². The largest absolute Gasteiger partial charge is 0.496 e. The molecule has 1 aromatic carbocycles. The van der Waals surface area contributed by atoms with Crippen LogP contribution in [0, 0.1) is 5.82 Å². The van der Waals surface area contributed by atoms with Gasteiger partial charge in [-0.15, -0.1) is 0 Å². The maximum atomic E-state index is 14.2. The van der Waals surface area contributed by atoms with Gasteiger partial charge in [-0.3, -0.25) is 4.68 Å². The van der Waals surface area contributed by atoms with Crippen LogP contribution in [0.4, 0.5) is 4.39 Å². The fourth-order valence-electron chi connectivity index (χ4n) is 2.31. The highest BCUT2D eigenvalue weighted by Crippen LogP contribution is 2.26. The first kappa shape index (κ1) is 16.0. The van der Waals surface area contributed by atoms with E-state index >= 15 is 0 Å². The molecule has 0 aliphatic rings. The Morgan fingerprint density at radius 3 is 2.64 bits per heavy atom. The molecule has 1 N–H and O–H groups in total. The summed E-state index contributed by atoms with van der Waals surface area (Å²) in [5.74, 6) is -1.67. The molecule has 0 unspecified atom stereocenters. The van der Waals surface area contributed by atoms with Crippen molar-refractivity contribution in [1.82, 2.24) is 9.78 Å². The molecule has 1 aromatic heterocycles. The summed E-state index contributed by atoms with van der Waals surface area (Å²) < 4.78 is 20.8. The summed E-state index contributed by atoms with van der Waals surface area (Å²) in [4.78, 5) is 11.2. The van der Waals surface area contributed by atoms with Crippen LogP contribution in [0.2, 0.25) is 0 Å². The molecule has 0 aliphatic heterocycles. The standard InChI is InChI=1S/C16H19FN2O3/c1-16(2,3)14-5-6-18-19(14)9-10-7-11(15(20)21)13(22-4)8-12(10)17/h5-8H,9H2,1-4H3,(H,20,21). The summed E-state index contributed by atoms with van der Waals surface area (Å²) in [7, 11) is 1.31. The highest BCUT2D eigenvalue weighted by molar-refractivity contribution is 5.91. The minimum absolute atomic E-state index is 0.00487. The molecule has 0 spiro atoms. The molecule has 2 rings (SSSR count). The lowest BCUT2D eigenvalue weighted by molar-refractivity contribution is 0.0693. The maximum Gasteiger partial charge on any atom is 0.339 e. The third-order valence-electron chi connectivity index (χ3n) is 3.40. The minimum atomic E-state index is -1.16. The number of hydrogen-bond donors (Lipinski definition) is 1. The molecule has 6 heteroatoms. The number of aromatic carboxylic acids is 1. The summed E-state index contributed by atoms with van der Waals surface area (Å²) in [5, 5.41) is 13.4. The second-order valence-corrected chi connectivity index (χ2v) is 6.07. The number of carboxylic acids is 1. The number of carbonyl (C=O) groups is 1.